The van der Waals surface area contributed by atoms with Crippen molar-refractivity contribution in [2.45, 2.75) is 18.8 Å². The van der Waals surface area contributed by atoms with E-state index in [1.54, 1.807) is 0 Å². The summed E-state index contributed by atoms with van der Waals surface area (Å²) in [5, 5.41) is 0.770. The van der Waals surface area contributed by atoms with Crippen LogP contribution in [0, 0.1) is 0 Å². The fourth-order valence-corrected chi connectivity index (χ4v) is 2.57. The van der Waals surface area contributed by atoms with Gasteiger partial charge in [-0.1, -0.05) is 23.7 Å². The molecular weight excluding hydrogens is 245 g/mol. The Labute approximate surface area is 106 Å². The molecule has 0 aromatic heterocycles. The summed E-state index contributed by atoms with van der Waals surface area (Å²) in [6.45, 7) is 4.50. The summed E-state index contributed by atoms with van der Waals surface area (Å²) in [5.41, 5.74) is 2.15. The molecule has 1 aliphatic heterocycles. The van der Waals surface area contributed by atoms with Crippen LogP contribution in [0.2, 0.25) is 5.02 Å². The minimum atomic E-state index is 0.343. The Hall–Kier alpha value is -0.440. The van der Waals surface area contributed by atoms with Crippen molar-refractivity contribution in [1.29, 1.82) is 0 Å². The molecule has 88 valence electrons. The molecule has 2 nitrogen and oxygen atoms in total. The van der Waals surface area contributed by atoms with Crippen molar-refractivity contribution >= 4 is 28.9 Å². The first kappa shape index (κ1) is 12.0. The van der Waals surface area contributed by atoms with Crippen LogP contribution < -0.4 is 4.90 Å². The van der Waals surface area contributed by atoms with E-state index >= 15 is 0 Å². The van der Waals surface area contributed by atoms with E-state index in [4.69, 9.17) is 27.9 Å². The number of hydrogen-bond acceptors (Lipinski definition) is 2. The highest BCUT2D eigenvalue weighted by Crippen LogP contribution is 2.33. The summed E-state index contributed by atoms with van der Waals surface area (Å²) < 4.78 is 5.43. The molecule has 0 N–H and O–H groups in total. The zero-order valence-corrected chi connectivity index (χ0v) is 10.8. The molecule has 1 atom stereocenters. The van der Waals surface area contributed by atoms with E-state index < -0.39 is 0 Å². The number of morpholine rings is 1. The lowest BCUT2D eigenvalue weighted by atomic mass is 10.1. The zero-order valence-electron chi connectivity index (χ0n) is 9.25. The van der Waals surface area contributed by atoms with Gasteiger partial charge in [-0.15, -0.1) is 11.6 Å². The van der Waals surface area contributed by atoms with Crippen LogP contribution >= 0.6 is 23.2 Å². The highest BCUT2D eigenvalue weighted by atomic mass is 35.5. The zero-order chi connectivity index (χ0) is 11.5. The molecule has 1 aliphatic rings. The van der Waals surface area contributed by atoms with Gasteiger partial charge in [0.05, 0.1) is 23.9 Å². The second-order valence-corrected chi connectivity index (χ2v) is 4.67. The fourth-order valence-electron chi connectivity index (χ4n) is 2.05. The van der Waals surface area contributed by atoms with Crippen molar-refractivity contribution in [2.24, 2.45) is 0 Å². The smallest absolute Gasteiger partial charge is 0.0668 e. The van der Waals surface area contributed by atoms with Gasteiger partial charge in [-0.2, -0.15) is 0 Å². The number of anilines is 1. The summed E-state index contributed by atoms with van der Waals surface area (Å²) in [6.07, 6.45) is 0. The van der Waals surface area contributed by atoms with E-state index in [-0.39, 0.29) is 0 Å². The largest absolute Gasteiger partial charge is 0.377 e. The number of nitrogens with zero attached hydrogens (tertiary/aromatic N) is 1. The molecule has 0 amide bonds. The third-order valence-corrected chi connectivity index (χ3v) is 3.46. The Kier molecular flexibility index (Phi) is 3.95. The van der Waals surface area contributed by atoms with E-state index in [0.29, 0.717) is 11.9 Å². The molecule has 0 radical (unpaired) electrons. The third-order valence-electron chi connectivity index (χ3n) is 2.87. The van der Waals surface area contributed by atoms with Crippen LogP contribution in [-0.4, -0.2) is 25.8 Å². The first-order valence-electron chi connectivity index (χ1n) is 5.41. The molecule has 1 fully saturated rings. The quantitative estimate of drug-likeness (QED) is 0.756. The molecule has 4 heteroatoms. The van der Waals surface area contributed by atoms with Gasteiger partial charge in [-0.25, -0.2) is 0 Å². The summed E-state index contributed by atoms with van der Waals surface area (Å²) in [6, 6.07) is 6.22. The molecule has 1 heterocycles. The van der Waals surface area contributed by atoms with Crippen LogP contribution in [0.25, 0.3) is 0 Å². The number of hydrogen-bond donors (Lipinski definition) is 0. The molecule has 1 unspecified atom stereocenters. The number of ether oxygens (including phenoxy) is 1. The van der Waals surface area contributed by atoms with Gasteiger partial charge >= 0.3 is 0 Å². The van der Waals surface area contributed by atoms with Gasteiger partial charge < -0.3 is 9.64 Å². The molecule has 0 spiro atoms. The van der Waals surface area contributed by atoms with Gasteiger partial charge in [-0.3, -0.25) is 0 Å². The van der Waals surface area contributed by atoms with Crippen molar-refractivity contribution in [3.63, 3.8) is 0 Å². The maximum absolute atomic E-state index is 6.27. The summed E-state index contributed by atoms with van der Waals surface area (Å²) >= 11 is 12.2. The van der Waals surface area contributed by atoms with Crippen LogP contribution in [0.1, 0.15) is 12.5 Å². The van der Waals surface area contributed by atoms with Crippen LogP contribution in [-0.2, 0) is 10.6 Å². The second kappa shape index (κ2) is 5.26. The van der Waals surface area contributed by atoms with Crippen LogP contribution in [0.5, 0.6) is 0 Å². The number of para-hydroxylation sites is 1. The Morgan fingerprint density at radius 1 is 1.50 bits per heavy atom. The molecule has 1 saturated heterocycles. The Bertz CT molecular complexity index is 370. The van der Waals surface area contributed by atoms with Crippen molar-refractivity contribution in [2.75, 3.05) is 24.7 Å². The van der Waals surface area contributed by atoms with Crippen molar-refractivity contribution < 1.29 is 4.74 Å². The predicted octanol–water partition coefficient (Wildman–Crippen LogP) is 3.30. The Morgan fingerprint density at radius 2 is 2.31 bits per heavy atom. The van der Waals surface area contributed by atoms with Crippen LogP contribution in [0.3, 0.4) is 0 Å². The average Bonchev–Trinajstić information content (AvgIpc) is 2.30. The van der Waals surface area contributed by atoms with Gasteiger partial charge in [0.25, 0.3) is 0 Å². The minimum absolute atomic E-state index is 0.343. The normalized spacial score (nSPS) is 21.2. The van der Waals surface area contributed by atoms with Gasteiger partial charge in [-0.05, 0) is 18.6 Å². The first-order valence-corrected chi connectivity index (χ1v) is 6.33. The molecule has 0 bridgehead atoms. The molecule has 0 saturated carbocycles. The SMILES string of the molecule is CC1COCCN1c1c(Cl)cccc1CCl. The van der Waals surface area contributed by atoms with Crippen molar-refractivity contribution in [3.05, 3.63) is 28.8 Å². The second-order valence-electron chi connectivity index (χ2n) is 4.00. The maximum Gasteiger partial charge on any atom is 0.0668 e. The number of halogens is 2. The molecule has 2 rings (SSSR count). The third kappa shape index (κ3) is 2.29. The molecular formula is C12H15Cl2NO. The molecule has 16 heavy (non-hydrogen) atoms. The lowest BCUT2D eigenvalue weighted by molar-refractivity contribution is 0.0989. The highest BCUT2D eigenvalue weighted by Gasteiger charge is 2.22. The van der Waals surface area contributed by atoms with Gasteiger partial charge in [0, 0.05) is 18.5 Å². The number of rotatable bonds is 2. The lowest BCUT2D eigenvalue weighted by Gasteiger charge is -2.36. The van der Waals surface area contributed by atoms with Gasteiger partial charge in [0.2, 0.25) is 0 Å². The topological polar surface area (TPSA) is 12.5 Å². The Balaban J connectivity index is 2.37. The predicted molar refractivity (Wildman–Crippen MR) is 68.6 cm³/mol. The monoisotopic (exact) mass is 259 g/mol. The van der Waals surface area contributed by atoms with Gasteiger partial charge in [0.15, 0.2) is 0 Å². The van der Waals surface area contributed by atoms with Crippen LogP contribution in [0.4, 0.5) is 5.69 Å². The minimum Gasteiger partial charge on any atom is -0.377 e. The summed E-state index contributed by atoms with van der Waals surface area (Å²) in [5.74, 6) is 0.486. The summed E-state index contributed by atoms with van der Waals surface area (Å²) in [7, 11) is 0. The Morgan fingerprint density at radius 3 is 3.00 bits per heavy atom. The highest BCUT2D eigenvalue weighted by molar-refractivity contribution is 6.33. The van der Waals surface area contributed by atoms with Crippen molar-refractivity contribution in [1.82, 2.24) is 0 Å². The van der Waals surface area contributed by atoms with Crippen molar-refractivity contribution in [3.8, 4) is 0 Å². The van der Waals surface area contributed by atoms with Gasteiger partial charge in [0.1, 0.15) is 0 Å². The summed E-state index contributed by atoms with van der Waals surface area (Å²) in [4.78, 5) is 2.28. The first-order chi connectivity index (χ1) is 7.74. The fraction of sp³-hybridized carbons (Fsp3) is 0.500. The van der Waals surface area contributed by atoms with E-state index in [0.717, 1.165) is 36.0 Å². The molecule has 0 aliphatic carbocycles. The number of alkyl halides is 1. The van der Waals surface area contributed by atoms with E-state index in [9.17, 15) is 0 Å². The van der Waals surface area contributed by atoms with Crippen LogP contribution in [0.15, 0.2) is 18.2 Å². The molecule has 1 aromatic rings. The van der Waals surface area contributed by atoms with E-state index in [2.05, 4.69) is 11.8 Å². The average molecular weight is 260 g/mol. The molecule has 1 aromatic carbocycles. The lowest BCUT2D eigenvalue weighted by Crippen LogP contribution is -2.44. The maximum atomic E-state index is 6.27. The van der Waals surface area contributed by atoms with E-state index in [1.165, 1.54) is 0 Å². The van der Waals surface area contributed by atoms with E-state index in [1.807, 2.05) is 18.2 Å². The number of benzene rings is 1. The standard InChI is InChI=1S/C12H15Cl2NO/c1-9-8-16-6-5-15(9)12-10(7-13)3-2-4-11(12)14/h2-4,9H,5-8H2,1H3.